The molecule has 1 aliphatic rings. The van der Waals surface area contributed by atoms with Crippen LogP contribution in [-0.2, 0) is 6.54 Å². The Morgan fingerprint density at radius 3 is 2.46 bits per heavy atom. The van der Waals surface area contributed by atoms with Crippen molar-refractivity contribution in [2.75, 3.05) is 33.3 Å². The van der Waals surface area contributed by atoms with E-state index in [4.69, 9.17) is 9.72 Å². The van der Waals surface area contributed by atoms with Crippen molar-refractivity contribution in [3.63, 3.8) is 0 Å². The fourth-order valence-corrected chi connectivity index (χ4v) is 4.08. The van der Waals surface area contributed by atoms with Crippen molar-refractivity contribution in [1.29, 1.82) is 0 Å². The van der Waals surface area contributed by atoms with E-state index in [0.717, 1.165) is 54.7 Å². The van der Waals surface area contributed by atoms with Crippen LogP contribution in [0.25, 0.3) is 10.6 Å². The molecule has 1 aliphatic heterocycles. The van der Waals surface area contributed by atoms with Crippen LogP contribution in [0.15, 0.2) is 54.2 Å². The number of nitrogens with zero attached hydrogens (tertiary/aromatic N) is 4. The van der Waals surface area contributed by atoms with Gasteiger partial charge in [0.15, 0.2) is 0 Å². The van der Waals surface area contributed by atoms with Gasteiger partial charge >= 0.3 is 0 Å². The van der Waals surface area contributed by atoms with Gasteiger partial charge < -0.3 is 9.64 Å². The summed E-state index contributed by atoms with van der Waals surface area (Å²) < 4.78 is 5.21. The molecule has 1 fully saturated rings. The van der Waals surface area contributed by atoms with Gasteiger partial charge in [0.1, 0.15) is 10.8 Å². The topological polar surface area (TPSA) is 58.6 Å². The van der Waals surface area contributed by atoms with Crippen molar-refractivity contribution in [3.05, 3.63) is 65.4 Å². The van der Waals surface area contributed by atoms with E-state index >= 15 is 0 Å². The first kappa shape index (κ1) is 18.6. The Morgan fingerprint density at radius 2 is 1.79 bits per heavy atom. The first-order valence-electron chi connectivity index (χ1n) is 9.23. The predicted molar refractivity (Wildman–Crippen MR) is 110 cm³/mol. The van der Waals surface area contributed by atoms with Crippen LogP contribution in [0.3, 0.4) is 0 Å². The van der Waals surface area contributed by atoms with Crippen molar-refractivity contribution in [1.82, 2.24) is 19.8 Å². The second-order valence-corrected chi connectivity index (χ2v) is 7.53. The fourth-order valence-electron chi connectivity index (χ4n) is 3.26. The average molecular weight is 395 g/mol. The minimum atomic E-state index is 0.0810. The molecule has 3 aromatic rings. The summed E-state index contributed by atoms with van der Waals surface area (Å²) in [5.74, 6) is 0.928. The summed E-state index contributed by atoms with van der Waals surface area (Å²) in [6.07, 6.45) is 3.32. The molecule has 2 aromatic heterocycles. The molecule has 0 radical (unpaired) electrons. The summed E-state index contributed by atoms with van der Waals surface area (Å²) >= 11 is 1.66. The number of rotatable bonds is 5. The number of amides is 1. The average Bonchev–Trinajstić information content (AvgIpc) is 3.23. The Balaban J connectivity index is 1.32. The predicted octanol–water partition coefficient (Wildman–Crippen LogP) is 3.17. The Hall–Kier alpha value is -2.77. The molecule has 0 atom stereocenters. The third-order valence-electron chi connectivity index (χ3n) is 4.86. The lowest BCUT2D eigenvalue weighted by atomic mass is 10.2. The molecule has 1 saturated heterocycles. The lowest BCUT2D eigenvalue weighted by molar-refractivity contribution is 0.0627. The molecule has 144 valence electrons. The van der Waals surface area contributed by atoms with Crippen molar-refractivity contribution in [2.24, 2.45) is 0 Å². The second kappa shape index (κ2) is 8.50. The molecule has 0 unspecified atom stereocenters. The van der Waals surface area contributed by atoms with Crippen molar-refractivity contribution >= 4 is 17.2 Å². The first-order chi connectivity index (χ1) is 13.7. The van der Waals surface area contributed by atoms with Gasteiger partial charge in [-0.15, -0.1) is 11.3 Å². The van der Waals surface area contributed by atoms with E-state index in [2.05, 4.69) is 15.3 Å². The van der Waals surface area contributed by atoms with E-state index < -0.39 is 0 Å². The highest BCUT2D eigenvalue weighted by atomic mass is 32.1. The van der Waals surface area contributed by atoms with Crippen LogP contribution in [0.1, 0.15) is 16.1 Å². The summed E-state index contributed by atoms with van der Waals surface area (Å²) in [5, 5.41) is 3.14. The number of piperazine rings is 1. The number of carbonyl (C=O) groups is 1. The monoisotopic (exact) mass is 394 g/mol. The summed E-state index contributed by atoms with van der Waals surface area (Å²) in [5.41, 5.74) is 2.88. The number of benzene rings is 1. The summed E-state index contributed by atoms with van der Waals surface area (Å²) in [7, 11) is 1.67. The zero-order chi connectivity index (χ0) is 19.3. The van der Waals surface area contributed by atoms with E-state index in [1.807, 2.05) is 29.2 Å². The lowest BCUT2D eigenvalue weighted by Crippen LogP contribution is -2.48. The normalized spacial score (nSPS) is 14.8. The standard InChI is InChI=1S/C21H22N4O2S/c1-27-19-4-2-16(3-5-19)20-23-18(15-28-20)14-24-10-12-25(13-11-24)21(26)17-6-8-22-9-7-17/h2-9,15H,10-14H2,1H3. The van der Waals surface area contributed by atoms with Gasteiger partial charge in [-0.3, -0.25) is 14.7 Å². The Bertz CT molecular complexity index is 919. The van der Waals surface area contributed by atoms with Gasteiger partial charge in [-0.2, -0.15) is 0 Å². The number of ether oxygens (including phenoxy) is 1. The highest BCUT2D eigenvalue weighted by Crippen LogP contribution is 2.26. The molecule has 0 aliphatic carbocycles. The third-order valence-corrected chi connectivity index (χ3v) is 5.80. The molecule has 4 rings (SSSR count). The van der Waals surface area contributed by atoms with Crippen LogP contribution in [0.4, 0.5) is 0 Å². The number of methoxy groups -OCH3 is 1. The Kier molecular flexibility index (Phi) is 5.64. The minimum absolute atomic E-state index is 0.0810. The van der Waals surface area contributed by atoms with Crippen LogP contribution in [-0.4, -0.2) is 59.0 Å². The zero-order valence-electron chi connectivity index (χ0n) is 15.7. The maximum atomic E-state index is 12.5. The molecule has 0 spiro atoms. The highest BCUT2D eigenvalue weighted by Gasteiger charge is 2.22. The molecule has 3 heterocycles. The van der Waals surface area contributed by atoms with Crippen LogP contribution in [0, 0.1) is 0 Å². The van der Waals surface area contributed by atoms with Crippen molar-refractivity contribution < 1.29 is 9.53 Å². The van der Waals surface area contributed by atoms with Gasteiger partial charge in [0.25, 0.3) is 5.91 Å². The lowest BCUT2D eigenvalue weighted by Gasteiger charge is -2.34. The molecule has 0 bridgehead atoms. The fraction of sp³-hybridized carbons (Fsp3) is 0.286. The van der Waals surface area contributed by atoms with E-state index in [9.17, 15) is 4.79 Å². The Labute approximate surface area is 168 Å². The molecule has 1 amide bonds. The van der Waals surface area contributed by atoms with E-state index in [-0.39, 0.29) is 5.91 Å². The minimum Gasteiger partial charge on any atom is -0.497 e. The third kappa shape index (κ3) is 4.21. The molecule has 28 heavy (non-hydrogen) atoms. The maximum absolute atomic E-state index is 12.5. The van der Waals surface area contributed by atoms with Gasteiger partial charge in [0.2, 0.25) is 0 Å². The molecule has 7 heteroatoms. The summed E-state index contributed by atoms with van der Waals surface area (Å²) in [4.78, 5) is 25.5. The zero-order valence-corrected chi connectivity index (χ0v) is 16.6. The first-order valence-corrected chi connectivity index (χ1v) is 10.1. The molecular weight excluding hydrogens is 372 g/mol. The number of hydrogen-bond acceptors (Lipinski definition) is 6. The smallest absolute Gasteiger partial charge is 0.254 e. The van der Waals surface area contributed by atoms with E-state index in [1.165, 1.54) is 0 Å². The van der Waals surface area contributed by atoms with Crippen LogP contribution < -0.4 is 4.74 Å². The van der Waals surface area contributed by atoms with Crippen LogP contribution in [0.2, 0.25) is 0 Å². The summed E-state index contributed by atoms with van der Waals surface area (Å²) in [6, 6.07) is 11.5. The molecule has 1 aromatic carbocycles. The number of thiazole rings is 1. The SMILES string of the molecule is COc1ccc(-c2nc(CN3CCN(C(=O)c4ccncc4)CC3)cs2)cc1. The van der Waals surface area contributed by atoms with Gasteiger partial charge in [-0.05, 0) is 36.4 Å². The largest absolute Gasteiger partial charge is 0.497 e. The highest BCUT2D eigenvalue weighted by molar-refractivity contribution is 7.13. The summed E-state index contributed by atoms with van der Waals surface area (Å²) in [6.45, 7) is 3.98. The van der Waals surface area contributed by atoms with Gasteiger partial charge in [0.05, 0.1) is 12.8 Å². The van der Waals surface area contributed by atoms with Crippen LogP contribution in [0.5, 0.6) is 5.75 Å². The van der Waals surface area contributed by atoms with Crippen molar-refractivity contribution in [2.45, 2.75) is 6.54 Å². The number of pyridine rings is 1. The number of carbonyl (C=O) groups excluding carboxylic acids is 1. The molecule has 0 N–H and O–H groups in total. The van der Waals surface area contributed by atoms with Crippen molar-refractivity contribution in [3.8, 4) is 16.3 Å². The maximum Gasteiger partial charge on any atom is 0.254 e. The molecule has 0 saturated carbocycles. The molecule has 6 nitrogen and oxygen atoms in total. The van der Waals surface area contributed by atoms with E-state index in [1.54, 1.807) is 43.0 Å². The number of hydrogen-bond donors (Lipinski definition) is 0. The number of aromatic nitrogens is 2. The van der Waals surface area contributed by atoms with Gasteiger partial charge in [0, 0.05) is 61.6 Å². The quantitative estimate of drug-likeness (QED) is 0.665. The molecular formula is C21H22N4O2S. The second-order valence-electron chi connectivity index (χ2n) is 6.68. The Morgan fingerprint density at radius 1 is 1.07 bits per heavy atom. The van der Waals surface area contributed by atoms with E-state index in [0.29, 0.717) is 5.56 Å². The van der Waals surface area contributed by atoms with Crippen LogP contribution >= 0.6 is 11.3 Å². The van der Waals surface area contributed by atoms with Gasteiger partial charge in [-0.25, -0.2) is 4.98 Å². The van der Waals surface area contributed by atoms with Gasteiger partial charge in [-0.1, -0.05) is 0 Å².